The Morgan fingerprint density at radius 1 is 1.37 bits per heavy atom. The fraction of sp³-hybridized carbons (Fsp3) is 0.611. The summed E-state index contributed by atoms with van der Waals surface area (Å²) in [5.74, 6) is -1.17. The van der Waals surface area contributed by atoms with Crippen molar-refractivity contribution in [1.29, 1.82) is 0 Å². The van der Waals surface area contributed by atoms with E-state index in [1.165, 1.54) is 7.11 Å². The number of ketones is 2. The first-order valence-corrected chi connectivity index (χ1v) is 9.06. The minimum absolute atomic E-state index is 0.0597. The third-order valence-electron chi connectivity index (χ3n) is 5.82. The molecule has 4 atom stereocenters. The molecule has 3 N–H and O–H groups in total. The van der Waals surface area contributed by atoms with E-state index in [0.717, 1.165) is 0 Å². The van der Waals surface area contributed by atoms with E-state index in [2.05, 4.69) is 5.32 Å². The highest BCUT2D eigenvalue weighted by Crippen LogP contribution is 2.55. The number of carbonyl (C=O) groups excluding carboxylic acids is 3. The topological polar surface area (TPSA) is 130 Å². The molecule has 9 nitrogen and oxygen atoms in total. The minimum Gasteiger partial charge on any atom is -0.489 e. The second kappa shape index (κ2) is 6.07. The Morgan fingerprint density at radius 2 is 2.11 bits per heavy atom. The third kappa shape index (κ3) is 2.28. The molecule has 3 heterocycles. The van der Waals surface area contributed by atoms with Gasteiger partial charge in [-0.2, -0.15) is 0 Å². The Bertz CT molecular complexity index is 803. The zero-order valence-corrected chi connectivity index (χ0v) is 15.5. The number of carbonyl (C=O) groups is 3. The monoisotopic (exact) mass is 377 g/mol. The lowest BCUT2D eigenvalue weighted by Gasteiger charge is -2.39. The van der Waals surface area contributed by atoms with Crippen LogP contribution in [0.5, 0.6) is 0 Å². The molecule has 0 aromatic heterocycles. The molecule has 3 aliphatic heterocycles. The van der Waals surface area contributed by atoms with Crippen molar-refractivity contribution < 1.29 is 28.6 Å². The molecular weight excluding hydrogens is 354 g/mol. The molecule has 9 heteroatoms. The molecule has 27 heavy (non-hydrogen) atoms. The van der Waals surface area contributed by atoms with E-state index in [1.54, 1.807) is 6.92 Å². The predicted octanol–water partition coefficient (Wildman–Crippen LogP) is -0.183. The molecule has 0 aromatic rings. The molecule has 1 aliphatic carbocycles. The van der Waals surface area contributed by atoms with Crippen LogP contribution in [0.25, 0.3) is 0 Å². The van der Waals surface area contributed by atoms with Crippen LogP contribution in [0.4, 0.5) is 4.79 Å². The number of amides is 1. The van der Waals surface area contributed by atoms with Crippen molar-refractivity contribution in [2.24, 2.45) is 11.7 Å². The number of nitrogens with one attached hydrogen (secondary N) is 1. The molecule has 4 rings (SSSR count). The van der Waals surface area contributed by atoms with Gasteiger partial charge in [0.15, 0.2) is 11.5 Å². The normalized spacial score (nSPS) is 33.9. The maximum atomic E-state index is 13.3. The van der Waals surface area contributed by atoms with Gasteiger partial charge in [-0.15, -0.1) is 0 Å². The Balaban J connectivity index is 1.79. The highest BCUT2D eigenvalue weighted by molar-refractivity contribution is 6.25. The van der Waals surface area contributed by atoms with Gasteiger partial charge in [-0.3, -0.25) is 9.59 Å². The minimum atomic E-state index is -0.962. The fourth-order valence-corrected chi connectivity index (χ4v) is 4.65. The summed E-state index contributed by atoms with van der Waals surface area (Å²) in [5.41, 5.74) is 5.09. The van der Waals surface area contributed by atoms with Crippen LogP contribution in [0.1, 0.15) is 20.3 Å². The van der Waals surface area contributed by atoms with Gasteiger partial charge in [0.05, 0.1) is 24.3 Å². The van der Waals surface area contributed by atoms with E-state index in [0.29, 0.717) is 30.8 Å². The second-order valence-corrected chi connectivity index (χ2v) is 7.22. The number of hydrogen-bond donors (Lipinski definition) is 2. The number of ether oxygens (including phenoxy) is 3. The van der Waals surface area contributed by atoms with Gasteiger partial charge in [-0.05, 0) is 13.3 Å². The Kier molecular flexibility index (Phi) is 4.04. The number of primary amides is 1. The maximum absolute atomic E-state index is 13.3. The number of Topliss-reactive ketones (excluding diaryl/α,β-unsaturated/α-hetero) is 2. The van der Waals surface area contributed by atoms with Crippen molar-refractivity contribution >= 4 is 17.7 Å². The van der Waals surface area contributed by atoms with Gasteiger partial charge in [0, 0.05) is 30.8 Å². The summed E-state index contributed by atoms with van der Waals surface area (Å²) in [6.07, 6.45) is -0.232. The predicted molar refractivity (Wildman–Crippen MR) is 92.2 cm³/mol. The number of hydrogen-bond acceptors (Lipinski definition) is 8. The fourth-order valence-electron chi connectivity index (χ4n) is 4.65. The molecule has 146 valence electrons. The molecule has 0 spiro atoms. The first kappa shape index (κ1) is 18.0. The van der Waals surface area contributed by atoms with E-state index < -0.39 is 17.7 Å². The zero-order valence-electron chi connectivity index (χ0n) is 15.5. The lowest BCUT2D eigenvalue weighted by molar-refractivity contribution is -0.137. The van der Waals surface area contributed by atoms with Crippen LogP contribution < -0.4 is 11.1 Å². The summed E-state index contributed by atoms with van der Waals surface area (Å²) in [5, 5.41) is 3.31. The van der Waals surface area contributed by atoms with E-state index in [1.807, 2.05) is 11.8 Å². The SMILES string of the molecule is CCCOC1=C(C)C(=O)C2=C(C1=O)[C@@H](COC(N)=O)[C@@]1(OC)[C@H]3N[C@H]3CN21. The lowest BCUT2D eigenvalue weighted by Crippen LogP contribution is -2.55. The Labute approximate surface area is 156 Å². The van der Waals surface area contributed by atoms with Crippen LogP contribution in [-0.4, -0.2) is 67.2 Å². The molecule has 0 bridgehead atoms. The summed E-state index contributed by atoms with van der Waals surface area (Å²) in [6, 6.07) is 0.107. The summed E-state index contributed by atoms with van der Waals surface area (Å²) in [4.78, 5) is 39.5. The standard InChI is InChI=1S/C18H23N3O6/c1-4-5-26-15-8(2)13(22)12-11(14(15)23)9(7-27-17(19)24)18(25-3)16-10(20-16)6-21(12)18/h9-10,16,20H,4-7H2,1-3H3,(H2,19,24)/t9-,10+,16+,18-/m1/s1. The molecule has 4 aliphatic rings. The van der Waals surface area contributed by atoms with E-state index in [4.69, 9.17) is 19.9 Å². The molecule has 1 amide bonds. The molecule has 0 radical (unpaired) electrons. The summed E-state index contributed by atoms with van der Waals surface area (Å²) >= 11 is 0. The molecule has 2 saturated heterocycles. The maximum Gasteiger partial charge on any atom is 0.404 e. The molecule has 2 fully saturated rings. The second-order valence-electron chi connectivity index (χ2n) is 7.22. The van der Waals surface area contributed by atoms with Crippen LogP contribution in [0.3, 0.4) is 0 Å². The Morgan fingerprint density at radius 3 is 2.74 bits per heavy atom. The van der Waals surface area contributed by atoms with Crippen molar-refractivity contribution in [2.45, 2.75) is 38.1 Å². The van der Waals surface area contributed by atoms with Crippen LogP contribution in [0.2, 0.25) is 0 Å². The first-order chi connectivity index (χ1) is 12.9. The highest BCUT2D eigenvalue weighted by Gasteiger charge is 2.72. The smallest absolute Gasteiger partial charge is 0.404 e. The van der Waals surface area contributed by atoms with Crippen molar-refractivity contribution in [1.82, 2.24) is 10.2 Å². The van der Waals surface area contributed by atoms with Gasteiger partial charge in [0.2, 0.25) is 11.6 Å². The van der Waals surface area contributed by atoms with E-state index in [9.17, 15) is 14.4 Å². The average molecular weight is 377 g/mol. The molecular formula is C18H23N3O6. The summed E-state index contributed by atoms with van der Waals surface area (Å²) < 4.78 is 16.5. The van der Waals surface area contributed by atoms with E-state index in [-0.39, 0.29) is 41.6 Å². The van der Waals surface area contributed by atoms with Gasteiger partial charge in [-0.1, -0.05) is 6.92 Å². The molecule has 0 unspecified atom stereocenters. The van der Waals surface area contributed by atoms with Crippen LogP contribution in [0, 0.1) is 5.92 Å². The van der Waals surface area contributed by atoms with Crippen molar-refractivity contribution in [2.75, 3.05) is 26.9 Å². The largest absolute Gasteiger partial charge is 0.489 e. The number of methoxy groups -OCH3 is 1. The van der Waals surface area contributed by atoms with Crippen molar-refractivity contribution in [3.63, 3.8) is 0 Å². The Hall–Kier alpha value is -2.39. The third-order valence-corrected chi connectivity index (χ3v) is 5.82. The van der Waals surface area contributed by atoms with Gasteiger partial charge in [0.25, 0.3) is 0 Å². The number of rotatable bonds is 6. The van der Waals surface area contributed by atoms with Gasteiger partial charge >= 0.3 is 6.09 Å². The van der Waals surface area contributed by atoms with Gasteiger partial charge < -0.3 is 30.2 Å². The van der Waals surface area contributed by atoms with Crippen LogP contribution in [-0.2, 0) is 23.8 Å². The van der Waals surface area contributed by atoms with Crippen LogP contribution >= 0.6 is 0 Å². The number of allylic oxidation sites excluding steroid dienone is 2. The number of nitrogens with zero attached hydrogens (tertiary/aromatic N) is 1. The van der Waals surface area contributed by atoms with Crippen LogP contribution in [0.15, 0.2) is 22.6 Å². The van der Waals surface area contributed by atoms with E-state index >= 15 is 0 Å². The number of piperazine rings is 1. The quantitative estimate of drug-likeness (QED) is 0.481. The lowest BCUT2D eigenvalue weighted by atomic mass is 9.83. The summed E-state index contributed by atoms with van der Waals surface area (Å²) in [6.45, 7) is 4.25. The number of fused-ring (bicyclic) bond motifs is 4. The van der Waals surface area contributed by atoms with Gasteiger partial charge in [0.1, 0.15) is 6.61 Å². The molecule has 0 saturated carbocycles. The van der Waals surface area contributed by atoms with Crippen molar-refractivity contribution in [3.8, 4) is 0 Å². The summed E-state index contributed by atoms with van der Waals surface area (Å²) in [7, 11) is 1.54. The number of nitrogens with two attached hydrogens (primary N) is 1. The average Bonchev–Trinajstić information content (AvgIpc) is 3.24. The zero-order chi connectivity index (χ0) is 19.5. The highest BCUT2D eigenvalue weighted by atomic mass is 16.6. The molecule has 0 aromatic carbocycles. The van der Waals surface area contributed by atoms with Crippen molar-refractivity contribution in [3.05, 3.63) is 22.6 Å². The van der Waals surface area contributed by atoms with Gasteiger partial charge in [-0.25, -0.2) is 4.79 Å². The first-order valence-electron chi connectivity index (χ1n) is 9.06.